The number of hydrogen-bond acceptors (Lipinski definition) is 4. The van der Waals surface area contributed by atoms with E-state index in [4.69, 9.17) is 14.2 Å². The highest BCUT2D eigenvalue weighted by molar-refractivity contribution is 5.14. The molecular weight excluding hydrogens is 292 g/mol. The Morgan fingerprint density at radius 1 is 0.870 bits per heavy atom. The van der Waals surface area contributed by atoms with Crippen LogP contribution < -0.4 is 0 Å². The van der Waals surface area contributed by atoms with Gasteiger partial charge in [-0.1, -0.05) is 60.7 Å². The molecule has 0 saturated carbocycles. The van der Waals surface area contributed by atoms with Crippen molar-refractivity contribution in [1.82, 2.24) is 0 Å². The van der Waals surface area contributed by atoms with Gasteiger partial charge in [-0.3, -0.25) is 0 Å². The molecule has 3 rings (SSSR count). The number of aliphatic hydroxyl groups excluding tert-OH is 1. The van der Waals surface area contributed by atoms with E-state index >= 15 is 0 Å². The number of hydrogen-bond donors (Lipinski definition) is 1. The molecule has 1 aliphatic heterocycles. The van der Waals surface area contributed by atoms with Crippen LogP contribution in [0.4, 0.5) is 0 Å². The van der Waals surface area contributed by atoms with E-state index in [1.54, 1.807) is 0 Å². The molecular formula is C19H22O4. The van der Waals surface area contributed by atoms with Gasteiger partial charge in [0.05, 0.1) is 25.9 Å². The van der Waals surface area contributed by atoms with E-state index in [-0.39, 0.29) is 6.10 Å². The van der Waals surface area contributed by atoms with Gasteiger partial charge in [0, 0.05) is 0 Å². The summed E-state index contributed by atoms with van der Waals surface area (Å²) in [5, 5.41) is 10.1. The van der Waals surface area contributed by atoms with Crippen LogP contribution in [0.3, 0.4) is 0 Å². The standard InChI is InChI=1S/C19H22O4/c20-19-18(23-14-16-9-5-2-6-10-16)17(11-12-21-19)22-13-15-7-3-1-4-8-15/h1-10,17-20H,11-14H2/t17-,18-,19?/m0/s1. The fourth-order valence-corrected chi connectivity index (χ4v) is 2.66. The van der Waals surface area contributed by atoms with Crippen LogP contribution >= 0.6 is 0 Å². The van der Waals surface area contributed by atoms with Crippen molar-refractivity contribution in [2.24, 2.45) is 0 Å². The molecule has 1 unspecified atom stereocenters. The van der Waals surface area contributed by atoms with Gasteiger partial charge in [-0.05, 0) is 17.5 Å². The highest BCUT2D eigenvalue weighted by Crippen LogP contribution is 2.22. The summed E-state index contributed by atoms with van der Waals surface area (Å²) < 4.78 is 17.2. The highest BCUT2D eigenvalue weighted by atomic mass is 16.6. The second-order valence-corrected chi connectivity index (χ2v) is 5.65. The molecule has 0 aromatic heterocycles. The number of benzene rings is 2. The van der Waals surface area contributed by atoms with Gasteiger partial charge in [-0.15, -0.1) is 0 Å². The van der Waals surface area contributed by atoms with Crippen LogP contribution in [0.2, 0.25) is 0 Å². The average Bonchev–Trinajstić information content (AvgIpc) is 2.61. The molecule has 1 heterocycles. The first-order chi connectivity index (χ1) is 11.3. The Balaban J connectivity index is 1.58. The van der Waals surface area contributed by atoms with Crippen molar-refractivity contribution < 1.29 is 19.3 Å². The number of ether oxygens (including phenoxy) is 3. The van der Waals surface area contributed by atoms with E-state index in [1.165, 1.54) is 0 Å². The van der Waals surface area contributed by atoms with Crippen molar-refractivity contribution in [2.75, 3.05) is 6.61 Å². The van der Waals surface area contributed by atoms with E-state index in [1.807, 2.05) is 60.7 Å². The summed E-state index contributed by atoms with van der Waals surface area (Å²) in [5.41, 5.74) is 2.17. The first-order valence-electron chi connectivity index (χ1n) is 7.93. The Morgan fingerprint density at radius 2 is 1.43 bits per heavy atom. The van der Waals surface area contributed by atoms with Crippen molar-refractivity contribution in [3.63, 3.8) is 0 Å². The Hall–Kier alpha value is -1.72. The molecule has 23 heavy (non-hydrogen) atoms. The largest absolute Gasteiger partial charge is 0.371 e. The SMILES string of the molecule is OC1OCC[C@H](OCc2ccccc2)[C@@H]1OCc1ccccc1. The van der Waals surface area contributed by atoms with Crippen LogP contribution in [0.5, 0.6) is 0 Å². The van der Waals surface area contributed by atoms with E-state index < -0.39 is 12.4 Å². The molecule has 0 amide bonds. The van der Waals surface area contributed by atoms with Gasteiger partial charge < -0.3 is 19.3 Å². The van der Waals surface area contributed by atoms with Gasteiger partial charge in [0.2, 0.25) is 0 Å². The molecule has 0 spiro atoms. The molecule has 2 aromatic carbocycles. The molecule has 0 radical (unpaired) electrons. The predicted octanol–water partition coefficient (Wildman–Crippen LogP) is 2.90. The highest BCUT2D eigenvalue weighted by Gasteiger charge is 2.34. The number of rotatable bonds is 6. The predicted molar refractivity (Wildman–Crippen MR) is 86.6 cm³/mol. The maximum atomic E-state index is 10.1. The summed E-state index contributed by atoms with van der Waals surface area (Å²) >= 11 is 0. The fourth-order valence-electron chi connectivity index (χ4n) is 2.66. The molecule has 1 aliphatic rings. The third-order valence-corrected chi connectivity index (χ3v) is 3.93. The van der Waals surface area contributed by atoms with Crippen molar-refractivity contribution in [3.8, 4) is 0 Å². The molecule has 2 aromatic rings. The summed E-state index contributed by atoms with van der Waals surface area (Å²) in [4.78, 5) is 0. The van der Waals surface area contributed by atoms with Gasteiger partial charge >= 0.3 is 0 Å². The van der Waals surface area contributed by atoms with Crippen LogP contribution in [0, 0.1) is 0 Å². The second kappa shape index (κ2) is 8.22. The minimum atomic E-state index is -0.951. The van der Waals surface area contributed by atoms with Crippen LogP contribution in [-0.2, 0) is 27.4 Å². The molecule has 0 bridgehead atoms. The van der Waals surface area contributed by atoms with Crippen molar-refractivity contribution >= 4 is 0 Å². The first-order valence-corrected chi connectivity index (χ1v) is 7.93. The zero-order valence-corrected chi connectivity index (χ0v) is 13.0. The van der Waals surface area contributed by atoms with E-state index in [9.17, 15) is 5.11 Å². The summed E-state index contributed by atoms with van der Waals surface area (Å²) in [6, 6.07) is 19.9. The minimum absolute atomic E-state index is 0.178. The van der Waals surface area contributed by atoms with Crippen LogP contribution in [0.1, 0.15) is 17.5 Å². The molecule has 122 valence electrons. The van der Waals surface area contributed by atoms with Crippen molar-refractivity contribution in [1.29, 1.82) is 0 Å². The summed E-state index contributed by atoms with van der Waals surface area (Å²) in [6.07, 6.45) is -0.896. The quantitative estimate of drug-likeness (QED) is 0.890. The summed E-state index contributed by atoms with van der Waals surface area (Å²) in [6.45, 7) is 1.41. The van der Waals surface area contributed by atoms with Gasteiger partial charge in [-0.2, -0.15) is 0 Å². The van der Waals surface area contributed by atoms with Gasteiger partial charge in [-0.25, -0.2) is 0 Å². The lowest BCUT2D eigenvalue weighted by Crippen LogP contribution is -2.47. The zero-order chi connectivity index (χ0) is 15.9. The third kappa shape index (κ3) is 4.62. The lowest BCUT2D eigenvalue weighted by Gasteiger charge is -2.35. The monoisotopic (exact) mass is 314 g/mol. The maximum absolute atomic E-state index is 10.1. The zero-order valence-electron chi connectivity index (χ0n) is 13.0. The fraction of sp³-hybridized carbons (Fsp3) is 0.368. The van der Waals surface area contributed by atoms with Gasteiger partial charge in [0.15, 0.2) is 6.29 Å². The molecule has 0 aliphatic carbocycles. The Bertz CT molecular complexity index is 572. The van der Waals surface area contributed by atoms with Crippen molar-refractivity contribution in [2.45, 2.75) is 38.1 Å². The van der Waals surface area contributed by atoms with Crippen LogP contribution in [0.15, 0.2) is 60.7 Å². The summed E-state index contributed by atoms with van der Waals surface area (Å²) in [7, 11) is 0. The normalized spacial score (nSPS) is 24.5. The average molecular weight is 314 g/mol. The van der Waals surface area contributed by atoms with Crippen LogP contribution in [-0.4, -0.2) is 30.2 Å². The van der Waals surface area contributed by atoms with Gasteiger partial charge in [0.25, 0.3) is 0 Å². The molecule has 1 saturated heterocycles. The number of aliphatic hydroxyl groups is 1. The lowest BCUT2D eigenvalue weighted by atomic mass is 10.1. The topological polar surface area (TPSA) is 47.9 Å². The van der Waals surface area contributed by atoms with Gasteiger partial charge in [0.1, 0.15) is 6.10 Å². The lowest BCUT2D eigenvalue weighted by molar-refractivity contribution is -0.249. The first kappa shape index (κ1) is 16.1. The maximum Gasteiger partial charge on any atom is 0.183 e. The second-order valence-electron chi connectivity index (χ2n) is 5.65. The Labute approximate surface area is 136 Å². The minimum Gasteiger partial charge on any atom is -0.371 e. The molecule has 1 fully saturated rings. The Kier molecular flexibility index (Phi) is 5.77. The molecule has 1 N–H and O–H groups in total. The summed E-state index contributed by atoms with van der Waals surface area (Å²) in [5.74, 6) is 0. The van der Waals surface area contributed by atoms with E-state index in [0.717, 1.165) is 11.1 Å². The van der Waals surface area contributed by atoms with Crippen LogP contribution in [0.25, 0.3) is 0 Å². The molecule has 4 nitrogen and oxygen atoms in total. The third-order valence-electron chi connectivity index (χ3n) is 3.93. The molecule has 3 atom stereocenters. The smallest absolute Gasteiger partial charge is 0.183 e. The van der Waals surface area contributed by atoms with Crippen molar-refractivity contribution in [3.05, 3.63) is 71.8 Å². The van der Waals surface area contributed by atoms with E-state index in [2.05, 4.69) is 0 Å². The molecule has 4 heteroatoms. The Morgan fingerprint density at radius 3 is 2.04 bits per heavy atom. The van der Waals surface area contributed by atoms with E-state index in [0.29, 0.717) is 26.2 Å².